The minimum Gasteiger partial charge on any atom is -0.392 e. The third-order valence-electron chi connectivity index (χ3n) is 4.88. The van der Waals surface area contributed by atoms with Gasteiger partial charge in [-0.05, 0) is 38.1 Å². The highest BCUT2D eigenvalue weighted by Gasteiger charge is 2.35. The zero-order valence-electron chi connectivity index (χ0n) is 15.1. The number of nitrogens with one attached hydrogen (secondary N) is 2. The molecule has 134 valence electrons. The molecule has 0 bridgehead atoms. The molecule has 5 nitrogen and oxygen atoms in total. The van der Waals surface area contributed by atoms with Crippen molar-refractivity contribution < 1.29 is 9.90 Å². The van der Waals surface area contributed by atoms with Crippen molar-refractivity contribution in [2.45, 2.75) is 51.8 Å². The van der Waals surface area contributed by atoms with E-state index < -0.39 is 0 Å². The highest BCUT2D eigenvalue weighted by atomic mass is 16.3. The van der Waals surface area contributed by atoms with Gasteiger partial charge in [0, 0.05) is 25.0 Å². The molecule has 1 fully saturated rings. The highest BCUT2D eigenvalue weighted by molar-refractivity contribution is 5.73. The van der Waals surface area contributed by atoms with E-state index in [1.165, 1.54) is 5.56 Å². The van der Waals surface area contributed by atoms with Crippen LogP contribution >= 0.6 is 0 Å². The minimum absolute atomic E-state index is 0.174. The molecule has 1 aromatic carbocycles. The molecule has 1 aromatic rings. The van der Waals surface area contributed by atoms with Crippen LogP contribution in [0.25, 0.3) is 0 Å². The van der Waals surface area contributed by atoms with Crippen LogP contribution in [0.2, 0.25) is 0 Å². The van der Waals surface area contributed by atoms with Gasteiger partial charge in [-0.15, -0.1) is 0 Å². The van der Waals surface area contributed by atoms with Crippen LogP contribution in [0.4, 0.5) is 4.79 Å². The van der Waals surface area contributed by atoms with Crippen molar-refractivity contribution in [3.8, 4) is 0 Å². The molecule has 1 aliphatic carbocycles. The van der Waals surface area contributed by atoms with Gasteiger partial charge in [-0.25, -0.2) is 4.79 Å². The SMILES string of the molecule is CN(C)Cc1cccc(CNC(=O)NCC2(C)CCCCC2O)c1. The summed E-state index contributed by atoms with van der Waals surface area (Å²) in [7, 11) is 4.08. The van der Waals surface area contributed by atoms with E-state index in [4.69, 9.17) is 0 Å². The summed E-state index contributed by atoms with van der Waals surface area (Å²) in [5.74, 6) is 0. The fourth-order valence-corrected chi connectivity index (χ4v) is 3.32. The second-order valence-corrected chi connectivity index (χ2v) is 7.51. The van der Waals surface area contributed by atoms with Gasteiger partial charge in [0.2, 0.25) is 0 Å². The lowest BCUT2D eigenvalue weighted by Gasteiger charge is -2.38. The standard InChI is InChI=1S/C19H31N3O2/c1-19(10-5-4-9-17(19)23)14-21-18(24)20-12-15-7-6-8-16(11-15)13-22(2)3/h6-8,11,17,23H,4-5,9-10,12-14H2,1-3H3,(H2,20,21,24). The first-order valence-corrected chi connectivity index (χ1v) is 8.81. The first-order chi connectivity index (χ1) is 11.4. The fourth-order valence-electron chi connectivity index (χ4n) is 3.32. The maximum Gasteiger partial charge on any atom is 0.315 e. The number of nitrogens with zero attached hydrogens (tertiary/aromatic N) is 1. The zero-order valence-corrected chi connectivity index (χ0v) is 15.1. The molecule has 5 heteroatoms. The molecule has 2 amide bonds. The molecule has 2 rings (SSSR count). The summed E-state index contributed by atoms with van der Waals surface area (Å²) in [6, 6.07) is 8.08. The van der Waals surface area contributed by atoms with Crippen molar-refractivity contribution in [2.24, 2.45) is 5.41 Å². The topological polar surface area (TPSA) is 64.6 Å². The van der Waals surface area contributed by atoms with Gasteiger partial charge >= 0.3 is 6.03 Å². The third kappa shape index (κ3) is 5.49. The number of aliphatic hydroxyl groups excluding tert-OH is 1. The molecule has 1 aliphatic rings. The Morgan fingerprint density at radius 1 is 1.29 bits per heavy atom. The summed E-state index contributed by atoms with van der Waals surface area (Å²) in [4.78, 5) is 14.2. The molecule has 0 saturated heterocycles. The molecule has 3 N–H and O–H groups in total. The molecule has 0 spiro atoms. The Labute approximate surface area is 145 Å². The number of rotatable bonds is 6. The summed E-state index contributed by atoms with van der Waals surface area (Å²) >= 11 is 0. The van der Waals surface area contributed by atoms with Crippen molar-refractivity contribution in [3.63, 3.8) is 0 Å². The van der Waals surface area contributed by atoms with Gasteiger partial charge < -0.3 is 20.6 Å². The summed E-state index contributed by atoms with van der Waals surface area (Å²) in [5, 5.41) is 16.0. The van der Waals surface area contributed by atoms with Gasteiger partial charge in [-0.2, -0.15) is 0 Å². The highest BCUT2D eigenvalue weighted by Crippen LogP contribution is 2.35. The monoisotopic (exact) mass is 333 g/mol. The van der Waals surface area contributed by atoms with Crippen molar-refractivity contribution in [1.82, 2.24) is 15.5 Å². The second-order valence-electron chi connectivity index (χ2n) is 7.51. The van der Waals surface area contributed by atoms with Gasteiger partial charge in [0.15, 0.2) is 0 Å². The predicted octanol–water partition coefficient (Wildman–Crippen LogP) is 2.49. The van der Waals surface area contributed by atoms with E-state index in [-0.39, 0.29) is 17.6 Å². The number of hydrogen-bond acceptors (Lipinski definition) is 3. The number of hydrogen-bond donors (Lipinski definition) is 3. The number of benzene rings is 1. The maximum absolute atomic E-state index is 12.1. The van der Waals surface area contributed by atoms with Gasteiger partial charge in [0.25, 0.3) is 0 Å². The van der Waals surface area contributed by atoms with Crippen LogP contribution in [0.1, 0.15) is 43.7 Å². The van der Waals surface area contributed by atoms with Crippen molar-refractivity contribution in [1.29, 1.82) is 0 Å². The van der Waals surface area contributed by atoms with E-state index in [2.05, 4.69) is 34.6 Å². The van der Waals surface area contributed by atoms with Crippen molar-refractivity contribution in [2.75, 3.05) is 20.6 Å². The number of urea groups is 1. The van der Waals surface area contributed by atoms with Crippen LogP contribution in [-0.2, 0) is 13.1 Å². The lowest BCUT2D eigenvalue weighted by atomic mass is 9.73. The number of carbonyl (C=O) groups excluding carboxylic acids is 1. The van der Waals surface area contributed by atoms with E-state index in [1.807, 2.05) is 26.2 Å². The Morgan fingerprint density at radius 3 is 2.75 bits per heavy atom. The van der Waals surface area contributed by atoms with E-state index in [0.29, 0.717) is 13.1 Å². The summed E-state index contributed by atoms with van der Waals surface area (Å²) in [6.45, 7) is 3.96. The Bertz CT molecular complexity index is 547. The molecule has 0 radical (unpaired) electrons. The lowest BCUT2D eigenvalue weighted by molar-refractivity contribution is 0.00309. The summed E-state index contributed by atoms with van der Waals surface area (Å²) in [5.41, 5.74) is 2.12. The number of carbonyl (C=O) groups is 1. The molecule has 2 unspecified atom stereocenters. The van der Waals surface area contributed by atoms with Crippen LogP contribution in [0.5, 0.6) is 0 Å². The van der Waals surface area contributed by atoms with Gasteiger partial charge in [0.1, 0.15) is 0 Å². The van der Waals surface area contributed by atoms with E-state index in [9.17, 15) is 9.90 Å². The molecular formula is C19H31N3O2. The average molecular weight is 333 g/mol. The maximum atomic E-state index is 12.1. The van der Waals surface area contributed by atoms with Gasteiger partial charge in [-0.1, -0.05) is 44.0 Å². The largest absolute Gasteiger partial charge is 0.392 e. The molecule has 24 heavy (non-hydrogen) atoms. The van der Waals surface area contributed by atoms with Crippen molar-refractivity contribution in [3.05, 3.63) is 35.4 Å². The minimum atomic E-state index is -0.325. The first-order valence-electron chi connectivity index (χ1n) is 8.81. The van der Waals surface area contributed by atoms with Gasteiger partial charge in [0.05, 0.1) is 6.10 Å². The average Bonchev–Trinajstić information content (AvgIpc) is 2.54. The first kappa shape index (κ1) is 18.7. The summed E-state index contributed by atoms with van der Waals surface area (Å²) in [6.07, 6.45) is 3.66. The Kier molecular flexibility index (Phi) is 6.63. The Balaban J connectivity index is 1.79. The quantitative estimate of drug-likeness (QED) is 0.749. The fraction of sp³-hybridized carbons (Fsp3) is 0.632. The molecule has 1 saturated carbocycles. The Morgan fingerprint density at radius 2 is 2.04 bits per heavy atom. The van der Waals surface area contributed by atoms with E-state index in [1.54, 1.807) is 0 Å². The van der Waals surface area contributed by atoms with Crippen molar-refractivity contribution >= 4 is 6.03 Å². The molecule has 2 atom stereocenters. The predicted molar refractivity (Wildman–Crippen MR) is 96.7 cm³/mol. The second kappa shape index (κ2) is 8.49. The van der Waals surface area contributed by atoms with Gasteiger partial charge in [-0.3, -0.25) is 0 Å². The van der Waals surface area contributed by atoms with Crippen LogP contribution in [0, 0.1) is 5.41 Å². The van der Waals surface area contributed by atoms with E-state index in [0.717, 1.165) is 37.8 Å². The normalized spacial score (nSPS) is 24.0. The lowest BCUT2D eigenvalue weighted by Crippen LogP contribution is -2.47. The van der Waals surface area contributed by atoms with E-state index >= 15 is 0 Å². The van der Waals surface area contributed by atoms with Crippen LogP contribution in [0.15, 0.2) is 24.3 Å². The molecule has 0 aromatic heterocycles. The molecule has 0 heterocycles. The smallest absolute Gasteiger partial charge is 0.315 e. The number of amides is 2. The molecule has 0 aliphatic heterocycles. The third-order valence-corrected chi connectivity index (χ3v) is 4.88. The van der Waals surface area contributed by atoms with Crippen LogP contribution < -0.4 is 10.6 Å². The zero-order chi connectivity index (χ0) is 17.6. The number of aliphatic hydroxyl groups is 1. The molecular weight excluding hydrogens is 302 g/mol. The Hall–Kier alpha value is -1.59. The summed E-state index contributed by atoms with van der Waals surface area (Å²) < 4.78 is 0. The van der Waals surface area contributed by atoms with Crippen LogP contribution in [-0.4, -0.2) is 42.8 Å². The van der Waals surface area contributed by atoms with Crippen LogP contribution in [0.3, 0.4) is 0 Å².